The van der Waals surface area contributed by atoms with Crippen molar-refractivity contribution in [3.8, 4) is 0 Å². The van der Waals surface area contributed by atoms with Crippen LogP contribution in [0.3, 0.4) is 0 Å². The van der Waals surface area contributed by atoms with Crippen molar-refractivity contribution >= 4 is 48.1 Å². The summed E-state index contributed by atoms with van der Waals surface area (Å²) >= 11 is 13.7. The lowest BCUT2D eigenvalue weighted by Crippen LogP contribution is -2.40. The molecule has 0 bridgehead atoms. The molecule has 0 aliphatic rings. The molecule has 0 aromatic heterocycles. The molecule has 0 aliphatic heterocycles. The van der Waals surface area contributed by atoms with Crippen molar-refractivity contribution < 1.29 is 4.43 Å². The highest BCUT2D eigenvalue weighted by atomic mass is 35.7. The van der Waals surface area contributed by atoms with Gasteiger partial charge in [-0.2, -0.15) is 0 Å². The minimum absolute atomic E-state index is 0.0230. The SMILES string of the molecule is C[C@@H](/C=C(\O[Si](C)(C)C)c1ccccc1)[Si](Cl)(Cl)c1ccccc1. The molecule has 2 rings (SSSR count). The molecule has 0 saturated carbocycles. The van der Waals surface area contributed by atoms with Gasteiger partial charge in [0.2, 0.25) is 8.32 Å². The Morgan fingerprint density at radius 3 is 1.92 bits per heavy atom. The van der Waals surface area contributed by atoms with Crippen LogP contribution in [0.5, 0.6) is 0 Å². The zero-order valence-corrected chi connectivity index (χ0v) is 18.1. The Bertz CT molecular complexity index is 680. The molecule has 0 fully saturated rings. The molecule has 0 unspecified atom stereocenters. The molecule has 0 amide bonds. The standard InChI is InChI=1S/C19H24Cl2OSi2/c1-16(24(20,21)18-13-9-6-10-14-18)15-19(22-23(2,3)4)17-11-7-5-8-12-17/h5-16H,1-4H3/b19-15-/t16-/m0/s1. The number of rotatable bonds is 6. The number of hydrogen-bond donors (Lipinski definition) is 0. The van der Waals surface area contributed by atoms with E-state index >= 15 is 0 Å². The molecule has 0 spiro atoms. The maximum absolute atomic E-state index is 6.83. The van der Waals surface area contributed by atoms with Gasteiger partial charge in [-0.15, -0.1) is 22.2 Å². The van der Waals surface area contributed by atoms with Crippen molar-refractivity contribution in [1.29, 1.82) is 0 Å². The van der Waals surface area contributed by atoms with E-state index in [1.54, 1.807) is 0 Å². The van der Waals surface area contributed by atoms with Crippen LogP contribution in [0.1, 0.15) is 12.5 Å². The summed E-state index contributed by atoms with van der Waals surface area (Å²) in [5, 5.41) is 1.03. The third-order valence-corrected chi connectivity index (χ3v) is 10.2. The fraction of sp³-hybridized carbons (Fsp3) is 0.263. The van der Waals surface area contributed by atoms with E-state index in [0.717, 1.165) is 16.5 Å². The van der Waals surface area contributed by atoms with Gasteiger partial charge < -0.3 is 4.43 Å². The largest absolute Gasteiger partial charge is 0.544 e. The minimum atomic E-state index is -2.65. The molecule has 1 nitrogen and oxygen atoms in total. The second-order valence-electron chi connectivity index (χ2n) is 6.89. The van der Waals surface area contributed by atoms with Crippen molar-refractivity contribution in [1.82, 2.24) is 0 Å². The lowest BCUT2D eigenvalue weighted by Gasteiger charge is -2.26. The quantitative estimate of drug-likeness (QED) is 0.326. The minimum Gasteiger partial charge on any atom is -0.544 e. The van der Waals surface area contributed by atoms with Gasteiger partial charge in [0.05, 0.1) is 0 Å². The summed E-state index contributed by atoms with van der Waals surface area (Å²) in [6.45, 7) is 5.96. The topological polar surface area (TPSA) is 9.23 Å². The van der Waals surface area contributed by atoms with Gasteiger partial charge in [0.25, 0.3) is 6.69 Å². The van der Waals surface area contributed by atoms with Crippen LogP contribution in [0.2, 0.25) is 25.2 Å². The van der Waals surface area contributed by atoms with E-state index in [1.165, 1.54) is 0 Å². The lowest BCUT2D eigenvalue weighted by atomic mass is 10.2. The van der Waals surface area contributed by atoms with Gasteiger partial charge >= 0.3 is 0 Å². The molecule has 0 radical (unpaired) electrons. The van der Waals surface area contributed by atoms with Crippen LogP contribution in [-0.4, -0.2) is 15.0 Å². The van der Waals surface area contributed by atoms with E-state index in [9.17, 15) is 0 Å². The Morgan fingerprint density at radius 1 is 0.917 bits per heavy atom. The van der Waals surface area contributed by atoms with Crippen LogP contribution < -0.4 is 5.19 Å². The first-order valence-electron chi connectivity index (χ1n) is 8.10. The molecule has 0 aliphatic carbocycles. The molecule has 24 heavy (non-hydrogen) atoms. The van der Waals surface area contributed by atoms with E-state index in [1.807, 2.05) is 48.5 Å². The summed E-state index contributed by atoms with van der Waals surface area (Å²) in [7, 11) is -1.75. The first-order chi connectivity index (χ1) is 11.2. The summed E-state index contributed by atoms with van der Waals surface area (Å²) in [6, 6.07) is 20.1. The van der Waals surface area contributed by atoms with Crippen LogP contribution >= 0.6 is 22.2 Å². The zero-order valence-electron chi connectivity index (χ0n) is 14.6. The highest BCUT2D eigenvalue weighted by Crippen LogP contribution is 2.34. The number of allylic oxidation sites excluding steroid dienone is 1. The molecule has 5 heteroatoms. The van der Waals surface area contributed by atoms with Crippen molar-refractivity contribution in [3.63, 3.8) is 0 Å². The van der Waals surface area contributed by atoms with Crippen molar-refractivity contribution in [2.45, 2.75) is 32.1 Å². The molecule has 0 saturated heterocycles. The molecule has 128 valence electrons. The van der Waals surface area contributed by atoms with Crippen LogP contribution in [0.25, 0.3) is 5.76 Å². The summed E-state index contributed by atoms with van der Waals surface area (Å²) in [6.07, 6.45) is 2.10. The Kier molecular flexibility index (Phi) is 6.37. The van der Waals surface area contributed by atoms with Crippen LogP contribution in [0, 0.1) is 0 Å². The molecule has 2 aromatic rings. The zero-order chi connectivity index (χ0) is 17.8. The van der Waals surface area contributed by atoms with Crippen LogP contribution in [0.4, 0.5) is 0 Å². The average molecular weight is 395 g/mol. The third kappa shape index (κ3) is 5.25. The van der Waals surface area contributed by atoms with E-state index in [4.69, 9.17) is 26.6 Å². The first-order valence-corrected chi connectivity index (χ1v) is 15.6. The van der Waals surface area contributed by atoms with Crippen molar-refractivity contribution in [2.24, 2.45) is 0 Å². The fourth-order valence-corrected chi connectivity index (χ4v) is 5.88. The smallest absolute Gasteiger partial charge is 0.287 e. The number of hydrogen-bond acceptors (Lipinski definition) is 1. The Morgan fingerprint density at radius 2 is 1.42 bits per heavy atom. The second kappa shape index (κ2) is 7.92. The maximum Gasteiger partial charge on any atom is 0.287 e. The molecular weight excluding hydrogens is 371 g/mol. The van der Waals surface area contributed by atoms with Crippen molar-refractivity contribution in [3.05, 3.63) is 72.3 Å². The Hall–Kier alpha value is -1.01. The molecule has 0 heterocycles. The molecule has 0 N–H and O–H groups in total. The summed E-state index contributed by atoms with van der Waals surface area (Å²) in [5.41, 5.74) is 1.09. The van der Waals surface area contributed by atoms with Gasteiger partial charge in [0.1, 0.15) is 5.76 Å². The third-order valence-electron chi connectivity index (χ3n) is 3.61. The van der Waals surface area contributed by atoms with E-state index in [2.05, 4.69) is 44.8 Å². The first kappa shape index (κ1) is 19.3. The Balaban J connectivity index is 2.38. The fourth-order valence-electron chi connectivity index (χ4n) is 2.38. The van der Waals surface area contributed by atoms with E-state index in [0.29, 0.717) is 0 Å². The highest BCUT2D eigenvalue weighted by Gasteiger charge is 2.37. The molecule has 2 aromatic carbocycles. The van der Waals surface area contributed by atoms with Crippen LogP contribution in [-0.2, 0) is 4.43 Å². The monoisotopic (exact) mass is 394 g/mol. The summed E-state index contributed by atoms with van der Waals surface area (Å²) < 4.78 is 6.33. The normalized spacial score (nSPS) is 14.3. The average Bonchev–Trinajstić information content (AvgIpc) is 2.54. The molecular formula is C19H24Cl2OSi2. The van der Waals surface area contributed by atoms with Crippen LogP contribution in [0.15, 0.2) is 66.7 Å². The summed E-state index contributed by atoms with van der Waals surface area (Å²) in [5.74, 6) is 0.886. The Labute approximate surface area is 156 Å². The maximum atomic E-state index is 6.83. The van der Waals surface area contributed by atoms with Gasteiger partial charge in [0.15, 0.2) is 0 Å². The van der Waals surface area contributed by atoms with Gasteiger partial charge in [-0.05, 0) is 30.9 Å². The predicted octanol–water partition coefficient (Wildman–Crippen LogP) is 6.10. The van der Waals surface area contributed by atoms with Gasteiger partial charge in [-0.1, -0.05) is 67.6 Å². The van der Waals surface area contributed by atoms with Gasteiger partial charge in [0, 0.05) is 11.1 Å². The summed E-state index contributed by atoms with van der Waals surface area (Å²) in [4.78, 5) is 0. The van der Waals surface area contributed by atoms with Gasteiger partial charge in [-0.3, -0.25) is 0 Å². The van der Waals surface area contributed by atoms with Gasteiger partial charge in [-0.25, -0.2) is 0 Å². The second-order valence-corrected chi connectivity index (χ2v) is 18.2. The predicted molar refractivity (Wildman–Crippen MR) is 112 cm³/mol. The van der Waals surface area contributed by atoms with E-state index < -0.39 is 15.0 Å². The number of benzene rings is 2. The lowest BCUT2D eigenvalue weighted by molar-refractivity contribution is 0.512. The van der Waals surface area contributed by atoms with E-state index in [-0.39, 0.29) is 5.54 Å². The number of halogens is 2. The van der Waals surface area contributed by atoms with Crippen molar-refractivity contribution in [2.75, 3.05) is 0 Å². The molecule has 1 atom stereocenters. The highest BCUT2D eigenvalue weighted by molar-refractivity contribution is 7.51.